The lowest BCUT2D eigenvalue weighted by Gasteiger charge is -2.18. The van der Waals surface area contributed by atoms with Crippen molar-refractivity contribution in [1.82, 2.24) is 4.90 Å². The molecule has 0 aliphatic rings. The summed E-state index contributed by atoms with van der Waals surface area (Å²) in [6.45, 7) is 3.12. The largest absolute Gasteiger partial charge is 0.382 e. The number of hydrogen-bond acceptors (Lipinski definition) is 4. The average molecular weight is 363 g/mol. The van der Waals surface area contributed by atoms with Crippen LogP contribution < -0.4 is 5.32 Å². The minimum absolute atomic E-state index is 0.130. The number of hydrogen-bond donors (Lipinski definition) is 1. The standard InChI is InChI=1S/C12H18IN3O2/c1-9(6-7-15(2)3)14-12-5-4-10(16(17)18)8-11(12)13/h4-5,8-9,14H,6-7H2,1-3H3. The van der Waals surface area contributed by atoms with E-state index in [-0.39, 0.29) is 10.6 Å². The van der Waals surface area contributed by atoms with E-state index in [0.717, 1.165) is 22.2 Å². The molecule has 0 amide bonds. The Morgan fingerprint density at radius 2 is 2.17 bits per heavy atom. The van der Waals surface area contributed by atoms with Gasteiger partial charge in [-0.05, 0) is 62.6 Å². The van der Waals surface area contributed by atoms with E-state index in [1.54, 1.807) is 12.1 Å². The summed E-state index contributed by atoms with van der Waals surface area (Å²) in [5.41, 5.74) is 1.08. The molecule has 5 nitrogen and oxygen atoms in total. The van der Waals surface area contributed by atoms with E-state index < -0.39 is 0 Å². The molecule has 1 aromatic rings. The second kappa shape index (κ2) is 6.89. The lowest BCUT2D eigenvalue weighted by atomic mass is 10.2. The molecule has 1 atom stereocenters. The first-order valence-corrected chi connectivity index (χ1v) is 6.83. The van der Waals surface area contributed by atoms with E-state index in [0.29, 0.717) is 6.04 Å². The predicted molar refractivity (Wildman–Crippen MR) is 82.1 cm³/mol. The van der Waals surface area contributed by atoms with Gasteiger partial charge in [0.2, 0.25) is 0 Å². The molecular formula is C12H18IN3O2. The van der Waals surface area contributed by atoms with Crippen LogP contribution in [0.4, 0.5) is 11.4 Å². The van der Waals surface area contributed by atoms with Crippen LogP contribution in [0.2, 0.25) is 0 Å². The molecule has 0 fully saturated rings. The number of rotatable bonds is 6. The molecule has 1 rings (SSSR count). The number of anilines is 1. The Bertz CT molecular complexity index is 424. The molecule has 0 bridgehead atoms. The minimum atomic E-state index is -0.374. The summed E-state index contributed by atoms with van der Waals surface area (Å²) in [7, 11) is 4.09. The fourth-order valence-electron chi connectivity index (χ4n) is 1.52. The molecule has 1 unspecified atom stereocenters. The molecule has 0 aromatic heterocycles. The number of nitro benzene ring substituents is 1. The number of benzene rings is 1. The second-order valence-electron chi connectivity index (χ2n) is 4.56. The lowest BCUT2D eigenvalue weighted by molar-refractivity contribution is -0.384. The summed E-state index contributed by atoms with van der Waals surface area (Å²) < 4.78 is 0.874. The van der Waals surface area contributed by atoms with Crippen molar-refractivity contribution in [1.29, 1.82) is 0 Å². The topological polar surface area (TPSA) is 58.4 Å². The molecule has 6 heteroatoms. The van der Waals surface area contributed by atoms with Crippen LogP contribution in [-0.2, 0) is 0 Å². The Morgan fingerprint density at radius 1 is 1.50 bits per heavy atom. The Morgan fingerprint density at radius 3 is 2.67 bits per heavy atom. The summed E-state index contributed by atoms with van der Waals surface area (Å²) >= 11 is 2.12. The molecule has 1 N–H and O–H groups in total. The number of non-ortho nitro benzene ring substituents is 1. The maximum Gasteiger partial charge on any atom is 0.270 e. The SMILES string of the molecule is CC(CCN(C)C)Nc1ccc([N+](=O)[O-])cc1I. The quantitative estimate of drug-likeness (QED) is 0.480. The van der Waals surface area contributed by atoms with Gasteiger partial charge < -0.3 is 10.2 Å². The monoisotopic (exact) mass is 363 g/mol. The van der Waals surface area contributed by atoms with Gasteiger partial charge in [-0.1, -0.05) is 0 Å². The van der Waals surface area contributed by atoms with Gasteiger partial charge in [0.05, 0.1) is 4.92 Å². The van der Waals surface area contributed by atoms with Crippen LogP contribution in [0.25, 0.3) is 0 Å². The van der Waals surface area contributed by atoms with Gasteiger partial charge in [-0.2, -0.15) is 0 Å². The van der Waals surface area contributed by atoms with Crippen molar-refractivity contribution < 1.29 is 4.92 Å². The van der Waals surface area contributed by atoms with Gasteiger partial charge in [-0.3, -0.25) is 10.1 Å². The van der Waals surface area contributed by atoms with Crippen LogP contribution in [0.3, 0.4) is 0 Å². The Hall–Kier alpha value is -0.890. The molecule has 0 aliphatic heterocycles. The number of halogens is 1. The van der Waals surface area contributed by atoms with Crippen LogP contribution in [0, 0.1) is 13.7 Å². The number of nitrogens with one attached hydrogen (secondary N) is 1. The predicted octanol–water partition coefficient (Wildman–Crippen LogP) is 2.95. The third-order valence-corrected chi connectivity index (χ3v) is 3.47. The van der Waals surface area contributed by atoms with Gasteiger partial charge in [0.1, 0.15) is 0 Å². The Kier molecular flexibility index (Phi) is 5.80. The van der Waals surface area contributed by atoms with Crippen molar-refractivity contribution in [3.63, 3.8) is 0 Å². The van der Waals surface area contributed by atoms with Crippen molar-refractivity contribution in [2.24, 2.45) is 0 Å². The van der Waals surface area contributed by atoms with Gasteiger partial charge in [0, 0.05) is 27.4 Å². The van der Waals surface area contributed by atoms with Gasteiger partial charge in [-0.15, -0.1) is 0 Å². The zero-order valence-corrected chi connectivity index (χ0v) is 13.0. The van der Waals surface area contributed by atoms with Crippen molar-refractivity contribution in [3.05, 3.63) is 31.9 Å². The maximum absolute atomic E-state index is 10.6. The van der Waals surface area contributed by atoms with Crippen molar-refractivity contribution in [2.45, 2.75) is 19.4 Å². The van der Waals surface area contributed by atoms with E-state index >= 15 is 0 Å². The molecule has 0 aliphatic carbocycles. The molecule has 0 saturated heterocycles. The first kappa shape index (κ1) is 15.2. The van der Waals surface area contributed by atoms with Crippen LogP contribution >= 0.6 is 22.6 Å². The molecular weight excluding hydrogens is 345 g/mol. The molecule has 1 aromatic carbocycles. The average Bonchev–Trinajstić information content (AvgIpc) is 2.29. The first-order valence-electron chi connectivity index (χ1n) is 5.75. The van der Waals surface area contributed by atoms with Crippen LogP contribution in [0.1, 0.15) is 13.3 Å². The van der Waals surface area contributed by atoms with Gasteiger partial charge in [0.25, 0.3) is 5.69 Å². The summed E-state index contributed by atoms with van der Waals surface area (Å²) in [6, 6.07) is 5.22. The van der Waals surface area contributed by atoms with E-state index in [1.165, 1.54) is 6.07 Å². The highest BCUT2D eigenvalue weighted by Crippen LogP contribution is 2.24. The molecule has 18 heavy (non-hydrogen) atoms. The third-order valence-electron chi connectivity index (χ3n) is 2.57. The van der Waals surface area contributed by atoms with Crippen LogP contribution in [0.5, 0.6) is 0 Å². The molecule has 0 heterocycles. The highest BCUT2D eigenvalue weighted by atomic mass is 127. The zero-order valence-electron chi connectivity index (χ0n) is 10.8. The van der Waals surface area contributed by atoms with Crippen LogP contribution in [0.15, 0.2) is 18.2 Å². The molecule has 100 valence electrons. The van der Waals surface area contributed by atoms with E-state index in [2.05, 4.69) is 39.7 Å². The summed E-state index contributed by atoms with van der Waals surface area (Å²) in [4.78, 5) is 12.4. The summed E-state index contributed by atoms with van der Waals surface area (Å²) in [5.74, 6) is 0. The highest BCUT2D eigenvalue weighted by molar-refractivity contribution is 14.1. The zero-order chi connectivity index (χ0) is 13.7. The molecule has 0 radical (unpaired) electrons. The fraction of sp³-hybridized carbons (Fsp3) is 0.500. The number of nitro groups is 1. The number of nitrogens with zero attached hydrogens (tertiary/aromatic N) is 2. The van der Waals surface area contributed by atoms with Crippen LogP contribution in [-0.4, -0.2) is 36.5 Å². The van der Waals surface area contributed by atoms with Crippen molar-refractivity contribution >= 4 is 34.0 Å². The van der Waals surface area contributed by atoms with E-state index in [1.807, 2.05) is 14.1 Å². The van der Waals surface area contributed by atoms with Crippen molar-refractivity contribution in [2.75, 3.05) is 26.0 Å². The smallest absolute Gasteiger partial charge is 0.270 e. The third kappa shape index (κ3) is 4.77. The van der Waals surface area contributed by atoms with Gasteiger partial charge in [0.15, 0.2) is 0 Å². The summed E-state index contributed by atoms with van der Waals surface area (Å²) in [5, 5.41) is 14.0. The lowest BCUT2D eigenvalue weighted by Crippen LogP contribution is -2.23. The highest BCUT2D eigenvalue weighted by Gasteiger charge is 2.10. The van der Waals surface area contributed by atoms with E-state index in [9.17, 15) is 10.1 Å². The molecule has 0 saturated carbocycles. The van der Waals surface area contributed by atoms with Crippen molar-refractivity contribution in [3.8, 4) is 0 Å². The molecule has 0 spiro atoms. The Labute approximate surface area is 121 Å². The second-order valence-corrected chi connectivity index (χ2v) is 5.72. The normalized spacial score (nSPS) is 12.5. The Balaban J connectivity index is 2.64. The maximum atomic E-state index is 10.6. The fourth-order valence-corrected chi connectivity index (χ4v) is 2.18. The van der Waals surface area contributed by atoms with E-state index in [4.69, 9.17) is 0 Å². The first-order chi connectivity index (χ1) is 8.40. The van der Waals surface area contributed by atoms with Gasteiger partial charge in [-0.25, -0.2) is 0 Å². The van der Waals surface area contributed by atoms with Gasteiger partial charge >= 0.3 is 0 Å². The summed E-state index contributed by atoms with van der Waals surface area (Å²) in [6.07, 6.45) is 1.03. The minimum Gasteiger partial charge on any atom is -0.382 e.